The predicted octanol–water partition coefficient (Wildman–Crippen LogP) is 1.02. The molecule has 214 valence electrons. The number of amides is 1. The summed E-state index contributed by atoms with van der Waals surface area (Å²) in [4.78, 5) is 27.5. The minimum Gasteiger partial charge on any atom is -0.461 e. The van der Waals surface area contributed by atoms with Gasteiger partial charge in [0, 0.05) is 19.4 Å². The van der Waals surface area contributed by atoms with Crippen LogP contribution in [0.15, 0.2) is 30.3 Å². The van der Waals surface area contributed by atoms with Crippen LogP contribution in [0.2, 0.25) is 0 Å². The van der Waals surface area contributed by atoms with Crippen LogP contribution in [0.25, 0.3) is 0 Å². The monoisotopic (exact) mass is 554 g/mol. The predicted molar refractivity (Wildman–Crippen MR) is 144 cm³/mol. The standard InChI is InChI=1S/C27H42N2O8S/c1-5-9-17-14-19(29(3)15-17)25(33)28-20(16(2)35-4)24-22(31)21(30)23(32)27(37-24)38-13-12-36-26(34)18-10-7-6-8-11-18/h6-8,10-11,16-17,19-24,27,30-32H,5,9,12-15H2,1-4H3,(H,28,33)/t16-,17-,19+,20-,21+,22-,23-,24-,27-/m1/s1. The number of aliphatic hydroxyl groups excluding tert-OH is 3. The zero-order valence-electron chi connectivity index (χ0n) is 22.6. The second-order valence-corrected chi connectivity index (χ2v) is 11.3. The Labute approximate surface area is 229 Å². The third-order valence-corrected chi connectivity index (χ3v) is 8.51. The van der Waals surface area contributed by atoms with Gasteiger partial charge in [-0.2, -0.15) is 0 Å². The van der Waals surface area contributed by atoms with Crippen LogP contribution >= 0.6 is 11.8 Å². The summed E-state index contributed by atoms with van der Waals surface area (Å²) in [5.41, 5.74) is -0.480. The number of hydrogen-bond donors (Lipinski definition) is 4. The van der Waals surface area contributed by atoms with Crippen LogP contribution in [-0.4, -0.2) is 113 Å². The summed E-state index contributed by atoms with van der Waals surface area (Å²) in [7, 11) is 3.43. The number of carbonyl (C=O) groups excluding carboxylic acids is 2. The summed E-state index contributed by atoms with van der Waals surface area (Å²) in [6.45, 7) is 4.79. The Morgan fingerprint density at radius 2 is 1.89 bits per heavy atom. The number of esters is 1. The molecule has 0 radical (unpaired) electrons. The van der Waals surface area contributed by atoms with E-state index in [4.69, 9.17) is 14.2 Å². The molecule has 0 aromatic heterocycles. The number of nitrogens with one attached hydrogen (secondary N) is 1. The highest BCUT2D eigenvalue weighted by Gasteiger charge is 2.49. The molecule has 0 unspecified atom stereocenters. The number of hydrogen-bond acceptors (Lipinski definition) is 10. The van der Waals surface area contributed by atoms with Gasteiger partial charge in [-0.15, -0.1) is 11.8 Å². The molecule has 0 bridgehead atoms. The van der Waals surface area contributed by atoms with Gasteiger partial charge in [-0.25, -0.2) is 4.79 Å². The number of methoxy groups -OCH3 is 1. The first-order valence-corrected chi connectivity index (χ1v) is 14.3. The normalized spacial score (nSPS) is 31.5. The first-order chi connectivity index (χ1) is 18.2. The fraction of sp³-hybridized carbons (Fsp3) is 0.704. The molecule has 0 saturated carbocycles. The van der Waals surface area contributed by atoms with Crippen LogP contribution < -0.4 is 5.32 Å². The number of carbonyl (C=O) groups is 2. The second kappa shape index (κ2) is 14.6. The highest BCUT2D eigenvalue weighted by molar-refractivity contribution is 7.99. The molecule has 2 fully saturated rings. The lowest BCUT2D eigenvalue weighted by Gasteiger charge is -2.44. The number of ether oxygens (including phenoxy) is 3. The quantitative estimate of drug-likeness (QED) is 0.219. The van der Waals surface area contributed by atoms with E-state index in [1.165, 1.54) is 7.11 Å². The Morgan fingerprint density at radius 3 is 2.55 bits per heavy atom. The summed E-state index contributed by atoms with van der Waals surface area (Å²) < 4.78 is 16.9. The molecule has 3 rings (SSSR count). The van der Waals surface area contributed by atoms with Gasteiger partial charge in [0.2, 0.25) is 5.91 Å². The lowest BCUT2D eigenvalue weighted by atomic mass is 9.91. The van der Waals surface area contributed by atoms with E-state index >= 15 is 0 Å². The largest absolute Gasteiger partial charge is 0.461 e. The fourth-order valence-electron chi connectivity index (χ4n) is 5.17. The zero-order chi connectivity index (χ0) is 27.8. The van der Waals surface area contributed by atoms with Crippen LogP contribution in [0.4, 0.5) is 0 Å². The molecule has 2 heterocycles. The Kier molecular flexibility index (Phi) is 11.8. The smallest absolute Gasteiger partial charge is 0.338 e. The van der Waals surface area contributed by atoms with E-state index in [1.54, 1.807) is 37.3 Å². The van der Waals surface area contributed by atoms with Gasteiger partial charge in [-0.1, -0.05) is 31.5 Å². The van der Waals surface area contributed by atoms with Crippen molar-refractivity contribution in [3.63, 3.8) is 0 Å². The molecule has 38 heavy (non-hydrogen) atoms. The van der Waals surface area contributed by atoms with Crippen molar-refractivity contribution in [1.29, 1.82) is 0 Å². The van der Waals surface area contributed by atoms with Crippen molar-refractivity contribution in [2.24, 2.45) is 5.92 Å². The maximum atomic E-state index is 13.3. The summed E-state index contributed by atoms with van der Waals surface area (Å²) in [6.07, 6.45) is -3.03. The first-order valence-electron chi connectivity index (χ1n) is 13.2. The van der Waals surface area contributed by atoms with Crippen molar-refractivity contribution >= 4 is 23.6 Å². The summed E-state index contributed by atoms with van der Waals surface area (Å²) in [6, 6.07) is 7.53. The Hall–Kier alpha value is -1.73. The third kappa shape index (κ3) is 7.68. The highest BCUT2D eigenvalue weighted by atomic mass is 32.2. The Balaban J connectivity index is 1.62. The van der Waals surface area contributed by atoms with E-state index in [2.05, 4.69) is 12.2 Å². The molecular weight excluding hydrogens is 512 g/mol. The van der Waals surface area contributed by atoms with Crippen LogP contribution in [0.1, 0.15) is 43.5 Å². The van der Waals surface area contributed by atoms with Crippen molar-refractivity contribution in [3.8, 4) is 0 Å². The van der Waals surface area contributed by atoms with E-state index in [0.717, 1.165) is 37.6 Å². The molecule has 1 amide bonds. The van der Waals surface area contributed by atoms with Gasteiger partial charge in [0.05, 0.1) is 23.8 Å². The topological polar surface area (TPSA) is 138 Å². The fourth-order valence-corrected chi connectivity index (χ4v) is 6.14. The van der Waals surface area contributed by atoms with Gasteiger partial charge in [0.25, 0.3) is 0 Å². The molecule has 2 aliphatic rings. The van der Waals surface area contributed by atoms with Gasteiger partial charge in [-0.3, -0.25) is 9.69 Å². The minimum atomic E-state index is -1.50. The van der Waals surface area contributed by atoms with Gasteiger partial charge >= 0.3 is 5.97 Å². The van der Waals surface area contributed by atoms with E-state index in [9.17, 15) is 24.9 Å². The van der Waals surface area contributed by atoms with Crippen molar-refractivity contribution in [2.45, 2.75) is 81.1 Å². The van der Waals surface area contributed by atoms with Gasteiger partial charge in [0.15, 0.2) is 0 Å². The number of likely N-dealkylation sites (N-methyl/N-ethyl adjacent to an activating group) is 1. The van der Waals surface area contributed by atoms with Gasteiger partial charge in [0.1, 0.15) is 36.5 Å². The molecule has 1 aromatic carbocycles. The van der Waals surface area contributed by atoms with E-state index in [1.807, 2.05) is 11.9 Å². The van der Waals surface area contributed by atoms with Crippen molar-refractivity contribution in [2.75, 3.05) is 33.1 Å². The van der Waals surface area contributed by atoms with Crippen LogP contribution in [-0.2, 0) is 19.0 Å². The molecule has 4 N–H and O–H groups in total. The number of nitrogens with zero attached hydrogens (tertiary/aromatic N) is 1. The third-order valence-electron chi connectivity index (χ3n) is 7.39. The Morgan fingerprint density at radius 1 is 1.18 bits per heavy atom. The maximum Gasteiger partial charge on any atom is 0.338 e. The molecule has 9 atom stereocenters. The average Bonchev–Trinajstić information content (AvgIpc) is 3.29. The van der Waals surface area contributed by atoms with Gasteiger partial charge < -0.3 is 34.8 Å². The molecule has 10 nitrogen and oxygen atoms in total. The van der Waals surface area contributed by atoms with E-state index < -0.39 is 48.0 Å². The lowest BCUT2D eigenvalue weighted by Crippen LogP contribution is -2.66. The number of thioether (sulfide) groups is 1. The molecule has 2 saturated heterocycles. The minimum absolute atomic E-state index is 0.0653. The average molecular weight is 555 g/mol. The molecular formula is C27H42N2O8S. The molecule has 0 aliphatic carbocycles. The highest BCUT2D eigenvalue weighted by Crippen LogP contribution is 2.32. The van der Waals surface area contributed by atoms with E-state index in [-0.39, 0.29) is 18.6 Å². The van der Waals surface area contributed by atoms with Gasteiger partial charge in [-0.05, 0) is 44.9 Å². The van der Waals surface area contributed by atoms with E-state index in [0.29, 0.717) is 17.2 Å². The molecule has 1 aromatic rings. The van der Waals surface area contributed by atoms with Crippen molar-refractivity contribution < 1.29 is 39.1 Å². The number of benzene rings is 1. The SMILES string of the molecule is CCC[C@@H]1C[C@@H](C(=O)N[C@@H]([C@H]2O[C@H](SCCOC(=O)c3ccccc3)[C@H](O)[C@@H](O)[C@H]2O)[C@@H](C)OC)N(C)C1. The lowest BCUT2D eigenvalue weighted by molar-refractivity contribution is -0.212. The van der Waals surface area contributed by atoms with Crippen LogP contribution in [0.5, 0.6) is 0 Å². The van der Waals surface area contributed by atoms with Crippen LogP contribution in [0, 0.1) is 5.92 Å². The summed E-state index contributed by atoms with van der Waals surface area (Å²) in [5.74, 6) is 0.0930. The zero-order valence-corrected chi connectivity index (χ0v) is 23.4. The maximum absolute atomic E-state index is 13.3. The molecule has 2 aliphatic heterocycles. The Bertz CT molecular complexity index is 893. The number of likely N-dealkylation sites (tertiary alicyclic amines) is 1. The summed E-state index contributed by atoms with van der Waals surface area (Å²) in [5, 5.41) is 35.0. The summed E-state index contributed by atoms with van der Waals surface area (Å²) >= 11 is 1.16. The van der Waals surface area contributed by atoms with Crippen molar-refractivity contribution in [3.05, 3.63) is 35.9 Å². The number of rotatable bonds is 12. The first kappa shape index (κ1) is 30.8. The van der Waals surface area contributed by atoms with Crippen LogP contribution in [0.3, 0.4) is 0 Å². The second-order valence-electron chi connectivity index (χ2n) is 10.1. The molecule has 11 heteroatoms. The van der Waals surface area contributed by atoms with Crippen molar-refractivity contribution in [1.82, 2.24) is 10.2 Å². The number of aliphatic hydroxyl groups is 3. The molecule has 0 spiro atoms.